The van der Waals surface area contributed by atoms with Crippen molar-refractivity contribution in [3.05, 3.63) is 24.0 Å². The summed E-state index contributed by atoms with van der Waals surface area (Å²) in [4.78, 5) is 6.64. The van der Waals surface area contributed by atoms with Crippen molar-refractivity contribution in [2.75, 3.05) is 33.3 Å². The zero-order chi connectivity index (χ0) is 13.3. The van der Waals surface area contributed by atoms with E-state index < -0.39 is 0 Å². The predicted octanol–water partition coefficient (Wildman–Crippen LogP) is 2.06. The highest BCUT2D eigenvalue weighted by Crippen LogP contribution is 2.15. The molecule has 1 aliphatic heterocycles. The summed E-state index contributed by atoms with van der Waals surface area (Å²) in [7, 11) is 1.69. The maximum Gasteiger partial charge on any atom is 0.141 e. The summed E-state index contributed by atoms with van der Waals surface area (Å²) in [6, 6.07) is 2.01. The predicted molar refractivity (Wildman–Crippen MR) is 77.4 cm³/mol. The van der Waals surface area contributed by atoms with Gasteiger partial charge in [0.2, 0.25) is 0 Å². The van der Waals surface area contributed by atoms with E-state index in [9.17, 15) is 0 Å². The fraction of sp³-hybridized carbons (Fsp3) is 0.667. The fourth-order valence-corrected chi connectivity index (χ4v) is 2.57. The molecule has 0 amide bonds. The zero-order valence-electron chi connectivity index (χ0n) is 11.9. The Hall–Kier alpha value is -1.13. The van der Waals surface area contributed by atoms with E-state index >= 15 is 0 Å². The van der Waals surface area contributed by atoms with Crippen molar-refractivity contribution in [2.24, 2.45) is 0 Å². The maximum absolute atomic E-state index is 5.29. The topological polar surface area (TPSA) is 37.4 Å². The molecular weight excluding hydrogens is 238 g/mol. The van der Waals surface area contributed by atoms with Gasteiger partial charge in [-0.1, -0.05) is 6.42 Å². The largest absolute Gasteiger partial charge is 0.495 e. The van der Waals surface area contributed by atoms with Crippen molar-refractivity contribution < 1.29 is 4.74 Å². The van der Waals surface area contributed by atoms with Crippen LogP contribution >= 0.6 is 0 Å². The molecule has 0 bridgehead atoms. The van der Waals surface area contributed by atoms with E-state index in [4.69, 9.17) is 4.74 Å². The molecule has 1 aliphatic rings. The van der Waals surface area contributed by atoms with Crippen molar-refractivity contribution in [3.63, 3.8) is 0 Å². The van der Waals surface area contributed by atoms with Gasteiger partial charge >= 0.3 is 0 Å². The average molecular weight is 263 g/mol. The quantitative estimate of drug-likeness (QED) is 0.764. The van der Waals surface area contributed by atoms with Crippen LogP contribution in [0.3, 0.4) is 0 Å². The SMILES string of the molecule is COc1cnccc1CNCCCN1CCCCC1. The number of likely N-dealkylation sites (tertiary alicyclic amines) is 1. The normalized spacial score (nSPS) is 16.5. The van der Waals surface area contributed by atoms with E-state index in [-0.39, 0.29) is 0 Å². The molecule has 0 unspecified atom stereocenters. The van der Waals surface area contributed by atoms with Gasteiger partial charge in [-0.25, -0.2) is 0 Å². The molecule has 1 aromatic heterocycles. The minimum atomic E-state index is 0.853. The minimum Gasteiger partial charge on any atom is -0.495 e. The highest BCUT2D eigenvalue weighted by atomic mass is 16.5. The summed E-state index contributed by atoms with van der Waals surface area (Å²) in [5.74, 6) is 0.867. The van der Waals surface area contributed by atoms with E-state index in [2.05, 4.69) is 15.2 Å². The molecule has 4 heteroatoms. The number of piperidine rings is 1. The molecule has 19 heavy (non-hydrogen) atoms. The molecular formula is C15H25N3O. The standard InChI is InChI=1S/C15H25N3O/c1-19-15-13-17-8-6-14(15)12-16-7-5-11-18-9-3-2-4-10-18/h6,8,13,16H,2-5,7,9-12H2,1H3. The van der Waals surface area contributed by atoms with Crippen LogP contribution < -0.4 is 10.1 Å². The number of hydrogen-bond donors (Lipinski definition) is 1. The van der Waals surface area contributed by atoms with Crippen LogP contribution in [0.15, 0.2) is 18.5 Å². The average Bonchev–Trinajstić information content (AvgIpc) is 2.48. The second-order valence-electron chi connectivity index (χ2n) is 5.12. The third-order valence-electron chi connectivity index (χ3n) is 3.68. The van der Waals surface area contributed by atoms with Crippen LogP contribution in [-0.2, 0) is 6.54 Å². The van der Waals surface area contributed by atoms with Crippen LogP contribution in [-0.4, -0.2) is 43.2 Å². The molecule has 4 nitrogen and oxygen atoms in total. The Labute approximate surface area is 116 Å². The second-order valence-corrected chi connectivity index (χ2v) is 5.12. The molecule has 106 valence electrons. The van der Waals surface area contributed by atoms with E-state index in [1.807, 2.05) is 12.3 Å². The number of pyridine rings is 1. The number of methoxy groups -OCH3 is 1. The number of ether oxygens (including phenoxy) is 1. The van der Waals surface area contributed by atoms with E-state index in [0.29, 0.717) is 0 Å². The summed E-state index contributed by atoms with van der Waals surface area (Å²) < 4.78 is 5.29. The van der Waals surface area contributed by atoms with Crippen LogP contribution in [0, 0.1) is 0 Å². The molecule has 0 radical (unpaired) electrons. The van der Waals surface area contributed by atoms with Gasteiger partial charge in [0.25, 0.3) is 0 Å². The lowest BCUT2D eigenvalue weighted by Gasteiger charge is -2.26. The molecule has 1 aromatic rings. The Balaban J connectivity index is 1.61. The van der Waals surface area contributed by atoms with Gasteiger partial charge in [-0.15, -0.1) is 0 Å². The van der Waals surface area contributed by atoms with Crippen LogP contribution in [0.4, 0.5) is 0 Å². The van der Waals surface area contributed by atoms with Gasteiger partial charge in [0.05, 0.1) is 13.3 Å². The third kappa shape index (κ3) is 4.80. The van der Waals surface area contributed by atoms with Gasteiger partial charge in [0.15, 0.2) is 0 Å². The van der Waals surface area contributed by atoms with Crippen LogP contribution in [0.2, 0.25) is 0 Å². The first-order valence-electron chi connectivity index (χ1n) is 7.30. The second kappa shape index (κ2) is 8.12. The molecule has 0 saturated carbocycles. The molecule has 1 saturated heterocycles. The van der Waals surface area contributed by atoms with E-state index in [1.54, 1.807) is 13.3 Å². The summed E-state index contributed by atoms with van der Waals surface area (Å²) in [6.45, 7) is 5.71. The molecule has 0 spiro atoms. The van der Waals surface area contributed by atoms with Gasteiger partial charge in [0, 0.05) is 18.3 Å². The Morgan fingerprint density at radius 3 is 2.95 bits per heavy atom. The highest BCUT2D eigenvalue weighted by molar-refractivity contribution is 5.29. The fourth-order valence-electron chi connectivity index (χ4n) is 2.57. The number of hydrogen-bond acceptors (Lipinski definition) is 4. The van der Waals surface area contributed by atoms with E-state index in [0.717, 1.165) is 18.8 Å². The smallest absolute Gasteiger partial charge is 0.141 e. The Morgan fingerprint density at radius 2 is 2.16 bits per heavy atom. The van der Waals surface area contributed by atoms with Gasteiger partial charge < -0.3 is 15.0 Å². The van der Waals surface area contributed by atoms with Gasteiger partial charge in [-0.05, 0) is 51.5 Å². The summed E-state index contributed by atoms with van der Waals surface area (Å²) >= 11 is 0. The van der Waals surface area contributed by atoms with Crippen molar-refractivity contribution in [2.45, 2.75) is 32.2 Å². The minimum absolute atomic E-state index is 0.853. The van der Waals surface area contributed by atoms with Gasteiger partial charge in [-0.3, -0.25) is 4.98 Å². The Bertz CT molecular complexity index is 364. The Kier molecular flexibility index (Phi) is 6.11. The molecule has 0 atom stereocenters. The number of nitrogens with zero attached hydrogens (tertiary/aromatic N) is 2. The molecule has 0 aromatic carbocycles. The molecule has 2 heterocycles. The number of aromatic nitrogens is 1. The zero-order valence-corrected chi connectivity index (χ0v) is 11.9. The summed E-state index contributed by atoms with van der Waals surface area (Å²) in [5.41, 5.74) is 1.18. The summed E-state index contributed by atoms with van der Waals surface area (Å²) in [5, 5.41) is 3.48. The monoisotopic (exact) mass is 263 g/mol. The van der Waals surface area contributed by atoms with Crippen molar-refractivity contribution in [1.29, 1.82) is 0 Å². The highest BCUT2D eigenvalue weighted by Gasteiger charge is 2.08. The van der Waals surface area contributed by atoms with Crippen molar-refractivity contribution in [3.8, 4) is 5.75 Å². The van der Waals surface area contributed by atoms with Crippen LogP contribution in [0.1, 0.15) is 31.2 Å². The lowest BCUT2D eigenvalue weighted by Crippen LogP contribution is -2.32. The number of nitrogens with one attached hydrogen (secondary N) is 1. The lowest BCUT2D eigenvalue weighted by molar-refractivity contribution is 0.225. The Morgan fingerprint density at radius 1 is 1.32 bits per heavy atom. The van der Waals surface area contributed by atoms with Crippen LogP contribution in [0.5, 0.6) is 5.75 Å². The summed E-state index contributed by atoms with van der Waals surface area (Å²) in [6.07, 6.45) is 8.96. The molecule has 0 aliphatic carbocycles. The van der Waals surface area contributed by atoms with Crippen molar-refractivity contribution in [1.82, 2.24) is 15.2 Å². The maximum atomic E-state index is 5.29. The first kappa shape index (κ1) is 14.3. The first-order valence-corrected chi connectivity index (χ1v) is 7.30. The third-order valence-corrected chi connectivity index (χ3v) is 3.68. The first-order chi connectivity index (χ1) is 9.40. The number of rotatable bonds is 7. The molecule has 1 fully saturated rings. The van der Waals surface area contributed by atoms with Gasteiger partial charge in [-0.2, -0.15) is 0 Å². The molecule has 1 N–H and O–H groups in total. The van der Waals surface area contributed by atoms with Crippen LogP contribution in [0.25, 0.3) is 0 Å². The molecule has 2 rings (SSSR count). The van der Waals surface area contributed by atoms with E-state index in [1.165, 1.54) is 50.9 Å². The lowest BCUT2D eigenvalue weighted by atomic mass is 10.1. The van der Waals surface area contributed by atoms with Crippen molar-refractivity contribution >= 4 is 0 Å². The van der Waals surface area contributed by atoms with Gasteiger partial charge in [0.1, 0.15) is 5.75 Å².